The summed E-state index contributed by atoms with van der Waals surface area (Å²) < 4.78 is 18.5. The molecule has 0 aliphatic carbocycles. The topological polar surface area (TPSA) is 34.1 Å². The van der Waals surface area contributed by atoms with E-state index in [0.717, 1.165) is 18.5 Å². The first-order chi connectivity index (χ1) is 10.1. The average molecular weight is 309 g/mol. The van der Waals surface area contributed by atoms with Crippen LogP contribution in [0.3, 0.4) is 0 Å². The van der Waals surface area contributed by atoms with Crippen LogP contribution in [0, 0.1) is 5.82 Å². The first-order valence-corrected chi connectivity index (χ1v) is 7.30. The van der Waals surface area contributed by atoms with Crippen LogP contribution in [0.4, 0.5) is 4.39 Å². The number of hydrogen-bond donors (Lipinski definition) is 1. The maximum absolute atomic E-state index is 13.0. The van der Waals surface area contributed by atoms with Gasteiger partial charge in [-0.25, -0.2) is 9.37 Å². The Labute approximate surface area is 129 Å². The molecule has 1 heterocycles. The van der Waals surface area contributed by atoms with Crippen LogP contribution in [0.5, 0.6) is 11.6 Å². The van der Waals surface area contributed by atoms with E-state index >= 15 is 0 Å². The van der Waals surface area contributed by atoms with Crippen LogP contribution in [-0.2, 0) is 0 Å². The van der Waals surface area contributed by atoms with Crippen LogP contribution < -0.4 is 10.1 Å². The zero-order valence-electron chi connectivity index (χ0n) is 12.1. The number of benzene rings is 1. The second-order valence-electron chi connectivity index (χ2n) is 4.78. The molecule has 1 atom stereocenters. The third-order valence-corrected chi connectivity index (χ3v) is 3.36. The van der Waals surface area contributed by atoms with Gasteiger partial charge in [0.1, 0.15) is 11.6 Å². The van der Waals surface area contributed by atoms with Crippen molar-refractivity contribution >= 4 is 11.6 Å². The van der Waals surface area contributed by atoms with Crippen LogP contribution in [-0.4, -0.2) is 11.5 Å². The van der Waals surface area contributed by atoms with E-state index in [4.69, 9.17) is 16.3 Å². The molecule has 0 fully saturated rings. The molecule has 0 radical (unpaired) electrons. The number of nitrogens with one attached hydrogen (secondary N) is 1. The van der Waals surface area contributed by atoms with E-state index in [0.29, 0.717) is 11.6 Å². The number of halogens is 2. The third-order valence-electron chi connectivity index (χ3n) is 3.07. The standard InChI is InChI=1S/C16H18ClFN2O/c1-3-8-19-11(2)12-4-7-16(20-10-12)21-15-6-5-13(18)9-14(15)17/h4-7,9-11,19H,3,8H2,1-2H3. The van der Waals surface area contributed by atoms with Crippen LogP contribution in [0.15, 0.2) is 36.5 Å². The minimum atomic E-state index is -0.397. The number of rotatable bonds is 6. The molecule has 0 saturated carbocycles. The minimum Gasteiger partial charge on any atom is -0.437 e. The van der Waals surface area contributed by atoms with Gasteiger partial charge in [0, 0.05) is 18.3 Å². The van der Waals surface area contributed by atoms with Crippen molar-refractivity contribution < 1.29 is 9.13 Å². The van der Waals surface area contributed by atoms with E-state index in [9.17, 15) is 4.39 Å². The van der Waals surface area contributed by atoms with Gasteiger partial charge in [-0.1, -0.05) is 24.6 Å². The highest BCUT2D eigenvalue weighted by molar-refractivity contribution is 6.32. The predicted octanol–water partition coefficient (Wildman–Crippen LogP) is 4.73. The number of aromatic nitrogens is 1. The first kappa shape index (κ1) is 15.7. The van der Waals surface area contributed by atoms with Crippen molar-refractivity contribution in [3.63, 3.8) is 0 Å². The summed E-state index contributed by atoms with van der Waals surface area (Å²) in [6, 6.07) is 7.96. The highest BCUT2D eigenvalue weighted by Gasteiger charge is 2.08. The molecule has 1 aromatic carbocycles. The molecule has 0 aliphatic rings. The Morgan fingerprint density at radius 2 is 2.14 bits per heavy atom. The smallest absolute Gasteiger partial charge is 0.219 e. The Hall–Kier alpha value is -1.65. The Bertz CT molecular complexity index is 589. The van der Waals surface area contributed by atoms with Crippen LogP contribution in [0.1, 0.15) is 31.9 Å². The number of pyridine rings is 1. The molecule has 0 amide bonds. The van der Waals surface area contributed by atoms with E-state index in [-0.39, 0.29) is 11.1 Å². The van der Waals surface area contributed by atoms with Gasteiger partial charge in [0.25, 0.3) is 0 Å². The van der Waals surface area contributed by atoms with Gasteiger partial charge in [0.05, 0.1) is 5.02 Å². The lowest BCUT2D eigenvalue weighted by Crippen LogP contribution is -2.19. The normalized spacial score (nSPS) is 12.2. The molecule has 0 saturated heterocycles. The van der Waals surface area contributed by atoms with Crippen molar-refractivity contribution in [2.24, 2.45) is 0 Å². The fraction of sp³-hybridized carbons (Fsp3) is 0.312. The van der Waals surface area contributed by atoms with Gasteiger partial charge in [-0.2, -0.15) is 0 Å². The Morgan fingerprint density at radius 3 is 2.76 bits per heavy atom. The summed E-state index contributed by atoms with van der Waals surface area (Å²) >= 11 is 5.92. The van der Waals surface area contributed by atoms with Gasteiger partial charge >= 0.3 is 0 Å². The lowest BCUT2D eigenvalue weighted by Gasteiger charge is -2.13. The molecule has 1 N–H and O–H groups in total. The Morgan fingerprint density at radius 1 is 1.33 bits per heavy atom. The summed E-state index contributed by atoms with van der Waals surface area (Å²) in [7, 11) is 0. The first-order valence-electron chi connectivity index (χ1n) is 6.92. The zero-order chi connectivity index (χ0) is 15.2. The Balaban J connectivity index is 2.05. The largest absolute Gasteiger partial charge is 0.437 e. The summed E-state index contributed by atoms with van der Waals surface area (Å²) in [5.74, 6) is 0.414. The van der Waals surface area contributed by atoms with Gasteiger partial charge in [-0.15, -0.1) is 0 Å². The van der Waals surface area contributed by atoms with Crippen molar-refractivity contribution in [2.75, 3.05) is 6.54 Å². The number of nitrogens with zero attached hydrogens (tertiary/aromatic N) is 1. The molecule has 0 aliphatic heterocycles. The van der Waals surface area contributed by atoms with E-state index in [1.165, 1.54) is 18.2 Å². The van der Waals surface area contributed by atoms with E-state index in [1.807, 2.05) is 6.07 Å². The fourth-order valence-electron chi connectivity index (χ4n) is 1.86. The number of hydrogen-bond acceptors (Lipinski definition) is 3. The van der Waals surface area contributed by atoms with Gasteiger partial charge in [-0.05, 0) is 43.7 Å². The fourth-order valence-corrected chi connectivity index (χ4v) is 2.06. The summed E-state index contributed by atoms with van der Waals surface area (Å²) in [6.45, 7) is 5.18. The van der Waals surface area contributed by atoms with Crippen molar-refractivity contribution in [2.45, 2.75) is 26.3 Å². The van der Waals surface area contributed by atoms with E-state index in [1.54, 1.807) is 12.3 Å². The van der Waals surface area contributed by atoms with Gasteiger partial charge in [0.15, 0.2) is 0 Å². The molecular formula is C16H18ClFN2O. The lowest BCUT2D eigenvalue weighted by atomic mass is 10.1. The summed E-state index contributed by atoms with van der Waals surface area (Å²) in [4.78, 5) is 4.25. The Kier molecular flexibility index (Phi) is 5.53. The average Bonchev–Trinajstić information content (AvgIpc) is 2.48. The van der Waals surface area contributed by atoms with Crippen LogP contribution in [0.25, 0.3) is 0 Å². The van der Waals surface area contributed by atoms with E-state index < -0.39 is 5.82 Å². The van der Waals surface area contributed by atoms with Gasteiger partial charge < -0.3 is 10.1 Å². The van der Waals surface area contributed by atoms with Crippen LogP contribution >= 0.6 is 11.6 Å². The maximum atomic E-state index is 13.0. The molecule has 1 unspecified atom stereocenters. The third kappa shape index (κ3) is 4.41. The zero-order valence-corrected chi connectivity index (χ0v) is 12.8. The van der Waals surface area contributed by atoms with Crippen molar-refractivity contribution in [3.8, 4) is 11.6 Å². The number of ether oxygens (including phenoxy) is 1. The van der Waals surface area contributed by atoms with Crippen molar-refractivity contribution in [1.29, 1.82) is 0 Å². The molecule has 0 bridgehead atoms. The molecule has 2 rings (SSSR count). The molecule has 1 aromatic heterocycles. The SMILES string of the molecule is CCCNC(C)c1ccc(Oc2ccc(F)cc2Cl)nc1. The summed E-state index contributed by atoms with van der Waals surface area (Å²) in [6.07, 6.45) is 2.85. The second-order valence-corrected chi connectivity index (χ2v) is 5.19. The van der Waals surface area contributed by atoms with Crippen molar-refractivity contribution in [1.82, 2.24) is 10.3 Å². The molecule has 0 spiro atoms. The molecule has 3 nitrogen and oxygen atoms in total. The maximum Gasteiger partial charge on any atom is 0.219 e. The van der Waals surface area contributed by atoms with Gasteiger partial charge in [0.2, 0.25) is 5.88 Å². The molecular weight excluding hydrogens is 291 g/mol. The second kappa shape index (κ2) is 7.38. The predicted molar refractivity (Wildman–Crippen MR) is 82.4 cm³/mol. The highest BCUT2D eigenvalue weighted by atomic mass is 35.5. The molecule has 21 heavy (non-hydrogen) atoms. The van der Waals surface area contributed by atoms with Gasteiger partial charge in [-0.3, -0.25) is 0 Å². The molecule has 112 valence electrons. The monoisotopic (exact) mass is 308 g/mol. The van der Waals surface area contributed by atoms with E-state index in [2.05, 4.69) is 24.1 Å². The quantitative estimate of drug-likeness (QED) is 0.838. The minimum absolute atomic E-state index is 0.221. The summed E-state index contributed by atoms with van der Waals surface area (Å²) in [5, 5.41) is 3.61. The molecule has 2 aromatic rings. The van der Waals surface area contributed by atoms with Crippen LogP contribution in [0.2, 0.25) is 5.02 Å². The molecule has 5 heteroatoms. The lowest BCUT2D eigenvalue weighted by molar-refractivity contribution is 0.460. The summed E-state index contributed by atoms with van der Waals surface area (Å²) in [5.41, 5.74) is 1.08. The van der Waals surface area contributed by atoms with Crippen molar-refractivity contribution in [3.05, 3.63) is 52.9 Å². The highest BCUT2D eigenvalue weighted by Crippen LogP contribution is 2.29.